The summed E-state index contributed by atoms with van der Waals surface area (Å²) in [6, 6.07) is 8.92. The lowest BCUT2D eigenvalue weighted by atomic mass is 10.1. The maximum atomic E-state index is 12.6. The average Bonchev–Trinajstić information content (AvgIpc) is 3.53. The Kier molecular flexibility index (Phi) is 6.11. The number of carbonyl (C=O) groups excluding carboxylic acids is 1. The molecular formula is C19H22N4O6S. The van der Waals surface area contributed by atoms with Crippen molar-refractivity contribution < 1.29 is 22.9 Å². The molecule has 3 rings (SSSR count). The first-order chi connectivity index (χ1) is 14.2. The number of hydrogen-bond acceptors (Lipinski definition) is 7. The summed E-state index contributed by atoms with van der Waals surface area (Å²) in [5.74, 6) is -0.418. The third-order valence-electron chi connectivity index (χ3n) is 4.50. The normalized spacial score (nSPS) is 13.4. The van der Waals surface area contributed by atoms with Crippen molar-refractivity contribution >= 4 is 38.7 Å². The fourth-order valence-corrected chi connectivity index (χ4v) is 3.34. The van der Waals surface area contributed by atoms with Crippen LogP contribution in [0.1, 0.15) is 30.1 Å². The number of ether oxygens (including phenoxy) is 1. The molecule has 0 aromatic heterocycles. The Bertz CT molecular complexity index is 1080. The molecule has 11 heteroatoms. The van der Waals surface area contributed by atoms with Crippen molar-refractivity contribution in [3.63, 3.8) is 0 Å². The average molecular weight is 434 g/mol. The third kappa shape index (κ3) is 5.17. The molecule has 0 atom stereocenters. The highest BCUT2D eigenvalue weighted by molar-refractivity contribution is 7.92. The molecule has 160 valence electrons. The lowest BCUT2D eigenvalue weighted by Crippen LogP contribution is -2.16. The summed E-state index contributed by atoms with van der Waals surface area (Å²) in [5, 5.41) is 17.1. The van der Waals surface area contributed by atoms with E-state index in [-0.39, 0.29) is 34.5 Å². The Morgan fingerprint density at radius 2 is 1.90 bits per heavy atom. The van der Waals surface area contributed by atoms with Gasteiger partial charge in [0.15, 0.2) is 0 Å². The highest BCUT2D eigenvalue weighted by Crippen LogP contribution is 2.32. The van der Waals surface area contributed by atoms with Gasteiger partial charge in [-0.2, -0.15) is 0 Å². The lowest BCUT2D eigenvalue weighted by molar-refractivity contribution is -0.384. The van der Waals surface area contributed by atoms with E-state index in [1.807, 2.05) is 0 Å². The van der Waals surface area contributed by atoms with E-state index >= 15 is 0 Å². The molecule has 0 bridgehead atoms. The summed E-state index contributed by atoms with van der Waals surface area (Å²) >= 11 is 0. The van der Waals surface area contributed by atoms with Crippen LogP contribution in [-0.4, -0.2) is 38.2 Å². The van der Waals surface area contributed by atoms with Gasteiger partial charge in [0.1, 0.15) is 11.4 Å². The minimum Gasteiger partial charge on any atom is -0.494 e. The van der Waals surface area contributed by atoms with Crippen LogP contribution < -0.4 is 20.1 Å². The second kappa shape index (κ2) is 8.57. The van der Waals surface area contributed by atoms with Gasteiger partial charge in [-0.15, -0.1) is 0 Å². The molecule has 0 spiro atoms. The molecule has 0 heterocycles. The van der Waals surface area contributed by atoms with Gasteiger partial charge in [-0.3, -0.25) is 19.6 Å². The molecule has 1 fully saturated rings. The first-order valence-corrected chi connectivity index (χ1v) is 10.9. The van der Waals surface area contributed by atoms with Crippen molar-refractivity contribution in [1.82, 2.24) is 0 Å². The molecule has 0 saturated heterocycles. The number of nitrogens with zero attached hydrogens (tertiary/aromatic N) is 1. The molecular weight excluding hydrogens is 412 g/mol. The topological polar surface area (TPSA) is 140 Å². The van der Waals surface area contributed by atoms with E-state index in [1.165, 1.54) is 50.4 Å². The van der Waals surface area contributed by atoms with Gasteiger partial charge in [0.2, 0.25) is 10.0 Å². The first kappa shape index (κ1) is 21.4. The summed E-state index contributed by atoms with van der Waals surface area (Å²) in [5.41, 5.74) is 0.921. The molecule has 1 aliphatic rings. The number of methoxy groups -OCH3 is 1. The van der Waals surface area contributed by atoms with Crippen LogP contribution in [0.25, 0.3) is 0 Å². The molecule has 3 N–H and O–H groups in total. The van der Waals surface area contributed by atoms with E-state index < -0.39 is 20.9 Å². The highest BCUT2D eigenvalue weighted by atomic mass is 32.2. The Morgan fingerprint density at radius 3 is 2.50 bits per heavy atom. The Morgan fingerprint density at radius 1 is 1.20 bits per heavy atom. The third-order valence-corrected chi connectivity index (χ3v) is 5.79. The van der Waals surface area contributed by atoms with Gasteiger partial charge in [0, 0.05) is 29.4 Å². The number of sulfonamides is 1. The number of benzene rings is 2. The maximum Gasteiger partial charge on any atom is 0.293 e. The van der Waals surface area contributed by atoms with Gasteiger partial charge in [0.25, 0.3) is 11.6 Å². The van der Waals surface area contributed by atoms with E-state index in [4.69, 9.17) is 4.74 Å². The second-order valence-electron chi connectivity index (χ2n) is 6.78. The molecule has 30 heavy (non-hydrogen) atoms. The standard InChI is InChI=1S/C19H22N4O6S/c1-3-30(27,28)22-16-9-7-14(11-18(16)29-2)21-19(24)12-4-8-15(20-13-5-6-13)17(10-12)23(25)26/h4,7-11,13,20,22H,3,5-6H2,1-2H3,(H,21,24). The van der Waals surface area contributed by atoms with Crippen molar-refractivity contribution in [2.45, 2.75) is 25.8 Å². The van der Waals surface area contributed by atoms with Crippen molar-refractivity contribution in [3.05, 3.63) is 52.1 Å². The van der Waals surface area contributed by atoms with Crippen LogP contribution in [0.3, 0.4) is 0 Å². The molecule has 1 aliphatic carbocycles. The fourth-order valence-electron chi connectivity index (χ4n) is 2.69. The van der Waals surface area contributed by atoms with Crippen molar-refractivity contribution in [1.29, 1.82) is 0 Å². The van der Waals surface area contributed by atoms with Crippen LogP contribution in [0, 0.1) is 10.1 Å². The predicted octanol–water partition coefficient (Wildman–Crippen LogP) is 3.19. The van der Waals surface area contributed by atoms with Gasteiger partial charge < -0.3 is 15.4 Å². The summed E-state index contributed by atoms with van der Waals surface area (Å²) in [6.45, 7) is 1.51. The molecule has 0 unspecified atom stereocenters. The number of amides is 1. The molecule has 2 aromatic carbocycles. The van der Waals surface area contributed by atoms with E-state index in [0.29, 0.717) is 11.4 Å². The van der Waals surface area contributed by atoms with Crippen LogP contribution >= 0.6 is 0 Å². The van der Waals surface area contributed by atoms with Crippen LogP contribution in [-0.2, 0) is 10.0 Å². The zero-order valence-electron chi connectivity index (χ0n) is 16.5. The summed E-state index contributed by atoms with van der Waals surface area (Å²) in [4.78, 5) is 23.4. The molecule has 0 aliphatic heterocycles. The molecule has 10 nitrogen and oxygen atoms in total. The van der Waals surface area contributed by atoms with Crippen LogP contribution in [0.5, 0.6) is 5.75 Å². The quantitative estimate of drug-likeness (QED) is 0.407. The summed E-state index contributed by atoms with van der Waals surface area (Å²) in [7, 11) is -2.12. The number of anilines is 3. The van der Waals surface area contributed by atoms with Crippen molar-refractivity contribution in [3.8, 4) is 5.75 Å². The van der Waals surface area contributed by atoms with Crippen LogP contribution in [0.2, 0.25) is 0 Å². The fraction of sp³-hybridized carbons (Fsp3) is 0.316. The van der Waals surface area contributed by atoms with E-state index in [9.17, 15) is 23.3 Å². The summed E-state index contributed by atoms with van der Waals surface area (Å²) in [6.07, 6.45) is 1.93. The minimum atomic E-state index is -3.49. The molecule has 2 aromatic rings. The van der Waals surface area contributed by atoms with E-state index in [0.717, 1.165) is 12.8 Å². The van der Waals surface area contributed by atoms with Gasteiger partial charge in [-0.05, 0) is 44.0 Å². The number of nitrogens with one attached hydrogen (secondary N) is 3. The number of rotatable bonds is 9. The lowest BCUT2D eigenvalue weighted by Gasteiger charge is -2.13. The van der Waals surface area contributed by atoms with E-state index in [1.54, 1.807) is 0 Å². The predicted molar refractivity (Wildman–Crippen MR) is 114 cm³/mol. The van der Waals surface area contributed by atoms with Gasteiger partial charge in [0.05, 0.1) is 23.5 Å². The largest absolute Gasteiger partial charge is 0.494 e. The zero-order valence-corrected chi connectivity index (χ0v) is 17.3. The van der Waals surface area contributed by atoms with Crippen LogP contribution in [0.4, 0.5) is 22.7 Å². The first-order valence-electron chi connectivity index (χ1n) is 9.27. The Labute approximate surface area is 173 Å². The van der Waals surface area contributed by atoms with Crippen molar-refractivity contribution in [2.75, 3.05) is 28.2 Å². The zero-order chi connectivity index (χ0) is 21.9. The number of nitro benzene ring substituents is 1. The van der Waals surface area contributed by atoms with Gasteiger partial charge in [-0.1, -0.05) is 0 Å². The summed E-state index contributed by atoms with van der Waals surface area (Å²) < 4.78 is 31.1. The Hall–Kier alpha value is -3.34. The highest BCUT2D eigenvalue weighted by Gasteiger charge is 2.25. The van der Waals surface area contributed by atoms with Gasteiger partial charge in [-0.25, -0.2) is 8.42 Å². The van der Waals surface area contributed by atoms with E-state index in [2.05, 4.69) is 15.4 Å². The van der Waals surface area contributed by atoms with Crippen LogP contribution in [0.15, 0.2) is 36.4 Å². The maximum absolute atomic E-state index is 12.6. The number of hydrogen-bond donors (Lipinski definition) is 3. The second-order valence-corrected chi connectivity index (χ2v) is 8.79. The SMILES string of the molecule is CCS(=O)(=O)Nc1ccc(NC(=O)c2ccc(NC3CC3)c([N+](=O)[O-])c2)cc1OC. The minimum absolute atomic E-state index is 0.0982. The van der Waals surface area contributed by atoms with Gasteiger partial charge >= 0.3 is 0 Å². The number of nitro groups is 1. The number of carbonyl (C=O) groups is 1. The monoisotopic (exact) mass is 434 g/mol. The molecule has 0 radical (unpaired) electrons. The molecule has 1 amide bonds. The Balaban J connectivity index is 1.79. The van der Waals surface area contributed by atoms with Crippen molar-refractivity contribution in [2.24, 2.45) is 0 Å². The smallest absolute Gasteiger partial charge is 0.293 e. The molecule has 1 saturated carbocycles.